The molecule has 0 aromatic heterocycles. The maximum Gasteiger partial charge on any atom is 0.330 e. The van der Waals surface area contributed by atoms with E-state index in [0.717, 1.165) is 11.1 Å². The van der Waals surface area contributed by atoms with Crippen molar-refractivity contribution in [1.29, 1.82) is 0 Å². The van der Waals surface area contributed by atoms with Gasteiger partial charge in [0.05, 0.1) is 19.7 Å². The number of ether oxygens (including phenoxy) is 1. The summed E-state index contributed by atoms with van der Waals surface area (Å²) >= 11 is 0. The van der Waals surface area contributed by atoms with Crippen LogP contribution in [0.2, 0.25) is 0 Å². The molecule has 1 rings (SSSR count). The number of nitrogens with zero attached hydrogens (tertiary/aromatic N) is 2. The molecule has 0 aromatic carbocycles. The van der Waals surface area contributed by atoms with Crippen molar-refractivity contribution in [1.82, 2.24) is 10.0 Å². The summed E-state index contributed by atoms with van der Waals surface area (Å²) in [5.41, 5.74) is 0. The number of hydrazine groups is 1. The minimum absolute atomic E-state index is 0.0363. The lowest BCUT2D eigenvalue weighted by atomic mass is 10.0. The topological polar surface area (TPSA) is 49.9 Å². The second-order valence-corrected chi connectivity index (χ2v) is 5.20. The lowest BCUT2D eigenvalue weighted by Crippen LogP contribution is -2.65. The Hall–Kier alpha value is -1.50. The minimum atomic E-state index is -1.08. The molecule has 21 heavy (non-hydrogen) atoms. The minimum Gasteiger partial charge on any atom is -0.464 e. The summed E-state index contributed by atoms with van der Waals surface area (Å²) in [4.78, 5) is 24.3. The maximum atomic E-state index is 13.7. The van der Waals surface area contributed by atoms with Gasteiger partial charge in [0.1, 0.15) is 12.2 Å². The molecule has 0 bridgehead atoms. The van der Waals surface area contributed by atoms with Crippen molar-refractivity contribution in [3.8, 4) is 0 Å². The van der Waals surface area contributed by atoms with Gasteiger partial charge in [-0.1, -0.05) is 13.8 Å². The third kappa shape index (κ3) is 4.00. The highest BCUT2D eigenvalue weighted by molar-refractivity contribution is 5.94. The smallest absolute Gasteiger partial charge is 0.330 e. The van der Waals surface area contributed by atoms with Crippen molar-refractivity contribution in [3.63, 3.8) is 0 Å². The van der Waals surface area contributed by atoms with Crippen molar-refractivity contribution in [2.45, 2.75) is 39.9 Å². The van der Waals surface area contributed by atoms with E-state index in [1.54, 1.807) is 20.8 Å². The first-order valence-corrected chi connectivity index (χ1v) is 7.04. The van der Waals surface area contributed by atoms with Gasteiger partial charge >= 0.3 is 5.97 Å². The van der Waals surface area contributed by atoms with Crippen LogP contribution in [-0.2, 0) is 14.3 Å². The molecule has 1 aliphatic rings. The molecule has 0 aliphatic carbocycles. The fourth-order valence-electron chi connectivity index (χ4n) is 2.13. The molecule has 0 aromatic rings. The van der Waals surface area contributed by atoms with Gasteiger partial charge in [-0.05, 0) is 25.8 Å². The molecule has 0 saturated carbocycles. The van der Waals surface area contributed by atoms with Gasteiger partial charge in [-0.15, -0.1) is 0 Å². The SMILES string of the molecule is C/C=C(/F)C(=O)N(C(C(=O)OCC)C(C)C)N1CC(F)C1. The first-order valence-electron chi connectivity index (χ1n) is 7.04. The molecule has 1 unspecified atom stereocenters. The van der Waals surface area contributed by atoms with Crippen molar-refractivity contribution in [2.24, 2.45) is 5.92 Å². The molecule has 1 atom stereocenters. The molecule has 120 valence electrons. The van der Waals surface area contributed by atoms with Crippen molar-refractivity contribution >= 4 is 11.9 Å². The van der Waals surface area contributed by atoms with Gasteiger partial charge in [0.2, 0.25) is 0 Å². The Morgan fingerprint density at radius 1 is 1.43 bits per heavy atom. The third-order valence-electron chi connectivity index (χ3n) is 3.21. The van der Waals surface area contributed by atoms with Crippen molar-refractivity contribution < 1.29 is 23.1 Å². The molecule has 1 fully saturated rings. The van der Waals surface area contributed by atoms with Gasteiger partial charge in [0.25, 0.3) is 5.91 Å². The molecule has 1 aliphatic heterocycles. The number of amides is 1. The highest BCUT2D eigenvalue weighted by atomic mass is 19.1. The van der Waals surface area contributed by atoms with Crippen LogP contribution in [0.1, 0.15) is 27.7 Å². The average Bonchev–Trinajstić information content (AvgIpc) is 2.39. The molecule has 0 radical (unpaired) electrons. The number of alkyl halides is 1. The first kappa shape index (κ1) is 17.6. The van der Waals surface area contributed by atoms with Crippen LogP contribution in [0, 0.1) is 5.92 Å². The predicted octanol–water partition coefficient (Wildman–Crippen LogP) is 1.84. The largest absolute Gasteiger partial charge is 0.464 e. The summed E-state index contributed by atoms with van der Waals surface area (Å²) in [6.45, 7) is 6.56. The molecular formula is C14H22F2N2O3. The van der Waals surface area contributed by atoms with Gasteiger partial charge in [-0.25, -0.2) is 18.6 Å². The average molecular weight is 304 g/mol. The zero-order chi connectivity index (χ0) is 16.2. The summed E-state index contributed by atoms with van der Waals surface area (Å²) in [5, 5.41) is 2.34. The lowest BCUT2D eigenvalue weighted by molar-refractivity contribution is -0.188. The molecular weight excluding hydrogens is 282 g/mol. The van der Waals surface area contributed by atoms with Crippen molar-refractivity contribution in [3.05, 3.63) is 11.9 Å². The molecule has 7 heteroatoms. The number of carbonyl (C=O) groups is 2. The Bertz CT molecular complexity index is 420. The Balaban J connectivity index is 3.07. The monoisotopic (exact) mass is 304 g/mol. The van der Waals surface area contributed by atoms with Gasteiger partial charge in [-0.2, -0.15) is 0 Å². The van der Waals surface area contributed by atoms with E-state index in [-0.39, 0.29) is 25.6 Å². The summed E-state index contributed by atoms with van der Waals surface area (Å²) in [5.74, 6) is -2.84. The zero-order valence-electron chi connectivity index (χ0n) is 12.8. The van der Waals surface area contributed by atoms with Crippen molar-refractivity contribution in [2.75, 3.05) is 19.7 Å². The van der Waals surface area contributed by atoms with E-state index in [1.165, 1.54) is 11.9 Å². The summed E-state index contributed by atoms with van der Waals surface area (Å²) in [6.07, 6.45) is -0.0612. The summed E-state index contributed by atoms with van der Waals surface area (Å²) in [6, 6.07) is -0.976. The summed E-state index contributed by atoms with van der Waals surface area (Å²) < 4.78 is 31.7. The highest BCUT2D eigenvalue weighted by Crippen LogP contribution is 2.24. The third-order valence-corrected chi connectivity index (χ3v) is 3.21. The standard InChI is InChI=1S/C14H22F2N2O3/c1-5-11(16)13(19)18(17-7-10(15)8-17)12(9(3)4)14(20)21-6-2/h5,9-10,12H,6-8H2,1-4H3/b11-5+. The normalized spacial score (nSPS) is 18.3. The van der Waals surface area contributed by atoms with E-state index >= 15 is 0 Å². The van der Waals surface area contributed by atoms with Crippen LogP contribution in [0.3, 0.4) is 0 Å². The van der Waals surface area contributed by atoms with Crippen LogP contribution >= 0.6 is 0 Å². The van der Waals surface area contributed by atoms with E-state index in [2.05, 4.69) is 0 Å². The number of carbonyl (C=O) groups excluding carboxylic acids is 2. The predicted molar refractivity (Wildman–Crippen MR) is 73.4 cm³/mol. The quantitative estimate of drug-likeness (QED) is 0.555. The Morgan fingerprint density at radius 3 is 2.38 bits per heavy atom. The van der Waals surface area contributed by atoms with Gasteiger partial charge in [0.15, 0.2) is 5.83 Å². The molecule has 0 N–H and O–H groups in total. The van der Waals surface area contributed by atoms with Crippen LogP contribution in [-0.4, -0.2) is 53.8 Å². The van der Waals surface area contributed by atoms with E-state index in [9.17, 15) is 18.4 Å². The number of rotatable bonds is 6. The van der Waals surface area contributed by atoms with Crippen LogP contribution in [0.5, 0.6) is 0 Å². The van der Waals surface area contributed by atoms with Gasteiger partial charge in [0, 0.05) is 0 Å². The Labute approximate surface area is 123 Å². The number of allylic oxidation sites excluding steroid dienone is 1. The highest BCUT2D eigenvalue weighted by Gasteiger charge is 2.43. The maximum absolute atomic E-state index is 13.7. The number of hydrogen-bond acceptors (Lipinski definition) is 4. The fourth-order valence-corrected chi connectivity index (χ4v) is 2.13. The number of esters is 1. The second kappa shape index (κ2) is 7.49. The fraction of sp³-hybridized carbons (Fsp3) is 0.714. The molecule has 1 saturated heterocycles. The second-order valence-electron chi connectivity index (χ2n) is 5.20. The van der Waals surface area contributed by atoms with E-state index < -0.39 is 29.9 Å². The molecule has 5 nitrogen and oxygen atoms in total. The molecule has 1 amide bonds. The van der Waals surface area contributed by atoms with Gasteiger partial charge in [-0.3, -0.25) is 9.80 Å². The summed E-state index contributed by atoms with van der Waals surface area (Å²) in [7, 11) is 0. The number of halogens is 2. The Morgan fingerprint density at radius 2 is 2.00 bits per heavy atom. The van der Waals surface area contributed by atoms with E-state index in [4.69, 9.17) is 4.74 Å². The van der Waals surface area contributed by atoms with Crippen LogP contribution in [0.15, 0.2) is 11.9 Å². The van der Waals surface area contributed by atoms with Gasteiger partial charge < -0.3 is 4.74 Å². The molecule has 1 heterocycles. The van der Waals surface area contributed by atoms with Crippen LogP contribution < -0.4 is 0 Å². The van der Waals surface area contributed by atoms with Crippen LogP contribution in [0.25, 0.3) is 0 Å². The van der Waals surface area contributed by atoms with E-state index in [1.807, 2.05) is 0 Å². The van der Waals surface area contributed by atoms with Crippen LogP contribution in [0.4, 0.5) is 8.78 Å². The Kier molecular flexibility index (Phi) is 6.26. The molecule has 0 spiro atoms. The van der Waals surface area contributed by atoms with E-state index in [0.29, 0.717) is 0 Å². The zero-order valence-corrected chi connectivity index (χ0v) is 12.8. The first-order chi connectivity index (χ1) is 9.83. The lowest BCUT2D eigenvalue weighted by Gasteiger charge is -2.46. The number of hydrogen-bond donors (Lipinski definition) is 0.